The van der Waals surface area contributed by atoms with Crippen LogP contribution in [0.2, 0.25) is 0 Å². The zero-order chi connectivity index (χ0) is 52.0. The molecule has 4 bridgehead atoms. The van der Waals surface area contributed by atoms with Crippen LogP contribution in [-0.4, -0.2) is 0 Å². The first-order valence-corrected chi connectivity index (χ1v) is 29.1. The molecule has 0 radical (unpaired) electrons. The molecule has 6 atom stereocenters. The number of rotatable bonds is 6. The molecule has 0 N–H and O–H groups in total. The van der Waals surface area contributed by atoms with E-state index in [0.29, 0.717) is 17.8 Å². The molecule has 16 rings (SSSR count). The van der Waals surface area contributed by atoms with Crippen molar-refractivity contribution < 1.29 is 0 Å². The van der Waals surface area contributed by atoms with E-state index in [2.05, 4.69) is 262 Å². The van der Waals surface area contributed by atoms with Crippen molar-refractivity contribution >= 4 is 17.1 Å². The van der Waals surface area contributed by atoms with Gasteiger partial charge in [-0.3, -0.25) is 0 Å². The number of hydrogen-bond donors (Lipinski definition) is 0. The third-order valence-corrected chi connectivity index (χ3v) is 20.9. The highest BCUT2D eigenvalue weighted by atomic mass is 15.1. The summed E-state index contributed by atoms with van der Waals surface area (Å²) in [6, 6.07) is 92.4. The lowest BCUT2D eigenvalue weighted by atomic mass is 9.33. The molecule has 0 aromatic heterocycles. The molecule has 3 fully saturated rings. The van der Waals surface area contributed by atoms with Gasteiger partial charge in [0, 0.05) is 38.6 Å². The summed E-state index contributed by atoms with van der Waals surface area (Å²) < 4.78 is 0. The zero-order valence-corrected chi connectivity index (χ0v) is 45.1. The van der Waals surface area contributed by atoms with Crippen LogP contribution in [0, 0.1) is 12.8 Å². The quantitative estimate of drug-likeness (QED) is 0.160. The molecule has 0 aliphatic heterocycles. The Bertz CT molecular complexity index is 4050. The van der Waals surface area contributed by atoms with Gasteiger partial charge in [0.15, 0.2) is 0 Å². The van der Waals surface area contributed by atoms with Crippen LogP contribution in [0.15, 0.2) is 237 Å². The number of para-hydroxylation sites is 1. The summed E-state index contributed by atoms with van der Waals surface area (Å²) >= 11 is 0. The molecule has 6 aliphatic rings. The normalized spacial score (nSPS) is 24.1. The SMILES string of the molecule is Cc1ccccc1-c1ccccc1C12CCCC34CC(CC5(CC(C1)c1ccccc1-c1ccccc15)C23)c1ccccc1-c1c(N(c2ccccc2)c2ccc(-c3cccc5c3C(C)(C)c3ccccc3-5)cc2)cccc14. The van der Waals surface area contributed by atoms with Gasteiger partial charge in [0.1, 0.15) is 0 Å². The molecule has 6 aliphatic carbocycles. The fourth-order valence-corrected chi connectivity index (χ4v) is 18.5. The van der Waals surface area contributed by atoms with E-state index in [4.69, 9.17) is 0 Å². The molecule has 0 amide bonds. The van der Waals surface area contributed by atoms with Gasteiger partial charge < -0.3 is 4.90 Å². The first-order chi connectivity index (χ1) is 38.3. The number of benzene rings is 10. The van der Waals surface area contributed by atoms with Crippen LogP contribution in [0.25, 0.3) is 55.6 Å². The van der Waals surface area contributed by atoms with E-state index in [9.17, 15) is 0 Å². The second-order valence-electron chi connectivity index (χ2n) is 24.9. The molecule has 78 heavy (non-hydrogen) atoms. The van der Waals surface area contributed by atoms with Crippen molar-refractivity contribution in [2.24, 2.45) is 5.92 Å². The number of aryl methyl sites for hydroxylation is 1. The van der Waals surface area contributed by atoms with E-state index >= 15 is 0 Å². The maximum Gasteiger partial charge on any atom is 0.0543 e. The third kappa shape index (κ3) is 6.31. The van der Waals surface area contributed by atoms with Crippen LogP contribution in [0.5, 0.6) is 0 Å². The van der Waals surface area contributed by atoms with E-state index in [0.717, 1.165) is 19.3 Å². The predicted octanol–water partition coefficient (Wildman–Crippen LogP) is 20.1. The van der Waals surface area contributed by atoms with Crippen molar-refractivity contribution in [3.8, 4) is 55.6 Å². The summed E-state index contributed by atoms with van der Waals surface area (Å²) in [4.78, 5) is 2.61. The van der Waals surface area contributed by atoms with E-state index in [1.165, 1.54) is 121 Å². The highest BCUT2D eigenvalue weighted by Gasteiger charge is 2.71. The van der Waals surface area contributed by atoms with Gasteiger partial charge in [-0.2, -0.15) is 0 Å². The molecule has 3 saturated carbocycles. The lowest BCUT2D eigenvalue weighted by molar-refractivity contribution is -0.0728. The van der Waals surface area contributed by atoms with Gasteiger partial charge >= 0.3 is 0 Å². The number of hydrogen-bond acceptors (Lipinski definition) is 1. The average Bonchev–Trinajstić information content (AvgIpc) is 2.90. The van der Waals surface area contributed by atoms with E-state index in [-0.39, 0.29) is 21.7 Å². The summed E-state index contributed by atoms with van der Waals surface area (Å²) in [6.07, 6.45) is 8.17. The minimum atomic E-state index is -0.136. The Labute approximate surface area is 461 Å². The van der Waals surface area contributed by atoms with Gasteiger partial charge in [0.25, 0.3) is 0 Å². The van der Waals surface area contributed by atoms with Crippen LogP contribution in [-0.2, 0) is 21.7 Å². The van der Waals surface area contributed by atoms with Crippen molar-refractivity contribution in [2.75, 3.05) is 4.90 Å². The summed E-state index contributed by atoms with van der Waals surface area (Å²) in [5.74, 6) is 1.14. The van der Waals surface area contributed by atoms with Crippen molar-refractivity contribution in [3.05, 3.63) is 281 Å². The summed E-state index contributed by atoms with van der Waals surface area (Å²) in [6.45, 7) is 7.13. The van der Waals surface area contributed by atoms with Crippen molar-refractivity contribution in [1.82, 2.24) is 0 Å². The second kappa shape index (κ2) is 17.0. The molecule has 10 aromatic rings. The van der Waals surface area contributed by atoms with E-state index in [1.807, 2.05) is 0 Å². The highest BCUT2D eigenvalue weighted by molar-refractivity contribution is 5.94. The van der Waals surface area contributed by atoms with E-state index in [1.54, 1.807) is 22.3 Å². The molecule has 10 aromatic carbocycles. The van der Waals surface area contributed by atoms with Gasteiger partial charge in [-0.15, -0.1) is 0 Å². The van der Waals surface area contributed by atoms with Crippen molar-refractivity contribution in [1.29, 1.82) is 0 Å². The molecule has 2 spiro atoms. The van der Waals surface area contributed by atoms with Crippen LogP contribution >= 0.6 is 0 Å². The summed E-state index contributed by atoms with van der Waals surface area (Å²) in [5, 5.41) is 0. The van der Waals surface area contributed by atoms with Gasteiger partial charge in [-0.05, 0) is 188 Å². The molecule has 378 valence electrons. The largest absolute Gasteiger partial charge is 0.310 e. The Hall–Kier alpha value is -8.00. The third-order valence-electron chi connectivity index (χ3n) is 20.9. The Morgan fingerprint density at radius 2 is 0.821 bits per heavy atom. The molecule has 1 nitrogen and oxygen atoms in total. The topological polar surface area (TPSA) is 3.24 Å². The number of nitrogens with zero attached hydrogens (tertiary/aromatic N) is 1. The zero-order valence-electron chi connectivity index (χ0n) is 45.1. The maximum atomic E-state index is 2.63. The van der Waals surface area contributed by atoms with Gasteiger partial charge in [0.2, 0.25) is 0 Å². The number of anilines is 3. The first-order valence-electron chi connectivity index (χ1n) is 29.1. The van der Waals surface area contributed by atoms with Gasteiger partial charge in [0.05, 0.1) is 5.69 Å². The van der Waals surface area contributed by atoms with Crippen molar-refractivity contribution in [2.45, 2.75) is 99.2 Å². The van der Waals surface area contributed by atoms with E-state index < -0.39 is 0 Å². The standard InChI is InChI=1S/C77H65N/c1-50-22-7-8-25-56(50)61-29-14-17-36-67(61)75-44-21-45-76-47-53(49-77(73(75)76)48-52(46-75)57-26-9-11-28-60(57)62-30-15-18-37-68(62)77)58-27-10-12-32-64(58)71-69(76)38-20-39-70(71)78(54-23-5-4-6-24-54)55-42-40-51(41-43-55)59-33-19-34-65-63-31-13-16-35-66(63)74(2,3)72(59)65/h4-20,22-43,52-53,73H,21,44-49H2,1-3H3. The lowest BCUT2D eigenvalue weighted by Crippen LogP contribution is -2.66. The van der Waals surface area contributed by atoms with Crippen LogP contribution in [0.1, 0.15) is 115 Å². The smallest absolute Gasteiger partial charge is 0.0543 e. The summed E-state index contributed by atoms with van der Waals surface area (Å²) in [5.41, 5.74) is 29.0. The van der Waals surface area contributed by atoms with Crippen LogP contribution in [0.3, 0.4) is 0 Å². The van der Waals surface area contributed by atoms with Crippen molar-refractivity contribution in [3.63, 3.8) is 0 Å². The van der Waals surface area contributed by atoms with Gasteiger partial charge in [-0.1, -0.05) is 227 Å². The maximum absolute atomic E-state index is 2.63. The predicted molar refractivity (Wildman–Crippen MR) is 324 cm³/mol. The molecular formula is C77H65N. The first kappa shape index (κ1) is 46.1. The Kier molecular flexibility index (Phi) is 10.1. The minimum Gasteiger partial charge on any atom is -0.310 e. The molecule has 6 unspecified atom stereocenters. The molecule has 1 heteroatoms. The summed E-state index contributed by atoms with van der Waals surface area (Å²) in [7, 11) is 0. The Balaban J connectivity index is 0.950. The van der Waals surface area contributed by atoms with Gasteiger partial charge in [-0.25, -0.2) is 0 Å². The Morgan fingerprint density at radius 3 is 1.51 bits per heavy atom. The average molecular weight is 1000 g/mol. The molecule has 0 saturated heterocycles. The monoisotopic (exact) mass is 1000 g/mol. The molecular weight excluding hydrogens is 939 g/mol. The molecule has 0 heterocycles. The lowest BCUT2D eigenvalue weighted by Gasteiger charge is -2.70. The van der Waals surface area contributed by atoms with Crippen LogP contribution in [0.4, 0.5) is 17.1 Å². The number of fused-ring (bicyclic) bond motifs is 13. The second-order valence-corrected chi connectivity index (χ2v) is 24.9. The van der Waals surface area contributed by atoms with Crippen LogP contribution < -0.4 is 4.90 Å². The highest BCUT2D eigenvalue weighted by Crippen LogP contribution is 2.77. The Morgan fingerprint density at radius 1 is 0.359 bits per heavy atom. The fourth-order valence-electron chi connectivity index (χ4n) is 18.5. The minimum absolute atomic E-state index is 0.103. The fraction of sp³-hybridized carbons (Fsp3) is 0.221.